The highest BCUT2D eigenvalue weighted by Crippen LogP contribution is 2.39. The van der Waals surface area contributed by atoms with E-state index in [0.29, 0.717) is 15.6 Å². The number of fused-ring (bicyclic) bond motifs is 1. The Balaban J connectivity index is 2.07. The molecule has 6 nitrogen and oxygen atoms in total. The number of carbonyl (C=O) groups is 2. The summed E-state index contributed by atoms with van der Waals surface area (Å²) in [7, 11) is 0. The Hall–Kier alpha value is -2.75. The number of halogens is 3. The van der Waals surface area contributed by atoms with Gasteiger partial charge < -0.3 is 20.7 Å². The summed E-state index contributed by atoms with van der Waals surface area (Å²) in [6, 6.07) is 4.49. The summed E-state index contributed by atoms with van der Waals surface area (Å²) in [5.74, 6) is -5.38. The van der Waals surface area contributed by atoms with E-state index < -0.39 is 35.9 Å². The fourth-order valence-corrected chi connectivity index (χ4v) is 4.20. The Bertz CT molecular complexity index is 1090. The number of primary amides is 1. The molecular formula is C18H12ClF2NO5S. The highest BCUT2D eigenvalue weighted by molar-refractivity contribution is 7.21. The number of thiophene rings is 1. The molecule has 0 spiro atoms. The van der Waals surface area contributed by atoms with E-state index in [9.17, 15) is 28.6 Å². The Labute approximate surface area is 165 Å². The maximum atomic E-state index is 14.1. The van der Waals surface area contributed by atoms with E-state index in [1.165, 1.54) is 6.07 Å². The molecule has 0 atom stereocenters. The molecule has 1 aromatic heterocycles. The van der Waals surface area contributed by atoms with Gasteiger partial charge >= 0.3 is 5.97 Å². The summed E-state index contributed by atoms with van der Waals surface area (Å²) in [6.45, 7) is -0.842. The van der Waals surface area contributed by atoms with Gasteiger partial charge in [-0.2, -0.15) is 0 Å². The number of nitrogens with two attached hydrogens (primary N) is 1. The first-order chi connectivity index (χ1) is 13.2. The van der Waals surface area contributed by atoms with E-state index >= 15 is 0 Å². The Morgan fingerprint density at radius 3 is 2.39 bits per heavy atom. The lowest BCUT2D eigenvalue weighted by Gasteiger charge is -2.10. The SMILES string of the molecule is NC(=O)c1cc(F)c(OCc2c(C(=O)O)sc3c(CO)ccc(Cl)c23)c(F)c1. The lowest BCUT2D eigenvalue weighted by Crippen LogP contribution is -2.12. The molecule has 1 amide bonds. The monoisotopic (exact) mass is 427 g/mol. The molecule has 0 aliphatic carbocycles. The van der Waals surface area contributed by atoms with Crippen LogP contribution in [0, 0.1) is 11.6 Å². The molecule has 0 aliphatic rings. The Morgan fingerprint density at radius 1 is 1.21 bits per heavy atom. The first-order valence-electron chi connectivity index (χ1n) is 7.73. The van der Waals surface area contributed by atoms with Crippen LogP contribution in [-0.4, -0.2) is 22.1 Å². The van der Waals surface area contributed by atoms with Crippen LogP contribution in [0.2, 0.25) is 5.02 Å². The van der Waals surface area contributed by atoms with Crippen LogP contribution in [0.5, 0.6) is 5.75 Å². The molecule has 0 unspecified atom stereocenters. The number of aromatic carboxylic acids is 1. The topological polar surface area (TPSA) is 110 Å². The van der Waals surface area contributed by atoms with Gasteiger partial charge in [0.25, 0.3) is 0 Å². The number of ether oxygens (including phenoxy) is 1. The smallest absolute Gasteiger partial charge is 0.346 e. The minimum atomic E-state index is -1.27. The second-order valence-corrected chi connectivity index (χ2v) is 7.13. The molecule has 10 heteroatoms. The first kappa shape index (κ1) is 20.0. The maximum absolute atomic E-state index is 14.1. The van der Waals surface area contributed by atoms with Crippen molar-refractivity contribution in [3.8, 4) is 5.75 Å². The zero-order valence-electron chi connectivity index (χ0n) is 14.0. The molecule has 0 saturated carbocycles. The molecular weight excluding hydrogens is 416 g/mol. The van der Waals surface area contributed by atoms with Gasteiger partial charge in [-0.1, -0.05) is 17.7 Å². The summed E-state index contributed by atoms with van der Waals surface area (Å²) < 4.78 is 33.9. The van der Waals surface area contributed by atoms with Crippen LogP contribution in [0.15, 0.2) is 24.3 Å². The van der Waals surface area contributed by atoms with E-state index in [2.05, 4.69) is 0 Å². The van der Waals surface area contributed by atoms with Gasteiger partial charge in [0.15, 0.2) is 17.4 Å². The number of rotatable bonds is 6. The maximum Gasteiger partial charge on any atom is 0.346 e. The van der Waals surface area contributed by atoms with Crippen LogP contribution in [0.4, 0.5) is 8.78 Å². The zero-order chi connectivity index (χ0) is 20.6. The van der Waals surface area contributed by atoms with Gasteiger partial charge in [-0.3, -0.25) is 4.79 Å². The van der Waals surface area contributed by atoms with E-state index in [1.54, 1.807) is 6.07 Å². The number of carbonyl (C=O) groups excluding carboxylic acids is 1. The van der Waals surface area contributed by atoms with Gasteiger partial charge in [0, 0.05) is 26.2 Å². The molecule has 3 aromatic rings. The van der Waals surface area contributed by atoms with Crippen LogP contribution in [0.1, 0.15) is 31.2 Å². The van der Waals surface area contributed by atoms with Crippen molar-refractivity contribution in [2.75, 3.05) is 0 Å². The number of aliphatic hydroxyl groups is 1. The largest absolute Gasteiger partial charge is 0.483 e. The lowest BCUT2D eigenvalue weighted by molar-refractivity contribution is 0.0699. The van der Waals surface area contributed by atoms with Crippen molar-refractivity contribution in [2.45, 2.75) is 13.2 Å². The third-order valence-electron chi connectivity index (χ3n) is 3.98. The Morgan fingerprint density at radius 2 is 1.86 bits per heavy atom. The van der Waals surface area contributed by atoms with E-state index in [0.717, 1.165) is 23.5 Å². The molecule has 146 valence electrons. The Kier molecular flexibility index (Phi) is 5.50. The van der Waals surface area contributed by atoms with Crippen LogP contribution < -0.4 is 10.5 Å². The predicted octanol–water partition coefficient (Wildman–Crippen LogP) is 3.70. The van der Waals surface area contributed by atoms with Crippen molar-refractivity contribution in [1.29, 1.82) is 0 Å². The second kappa shape index (κ2) is 7.70. The van der Waals surface area contributed by atoms with Gasteiger partial charge in [-0.15, -0.1) is 11.3 Å². The molecule has 1 heterocycles. The summed E-state index contributed by atoms with van der Waals surface area (Å²) >= 11 is 7.06. The van der Waals surface area contributed by atoms with Gasteiger partial charge in [0.05, 0.1) is 6.61 Å². The predicted molar refractivity (Wildman–Crippen MR) is 98.9 cm³/mol. The summed E-state index contributed by atoms with van der Waals surface area (Å²) in [5.41, 5.74) is 5.21. The quantitative estimate of drug-likeness (QED) is 0.555. The van der Waals surface area contributed by atoms with Crippen molar-refractivity contribution in [2.24, 2.45) is 5.73 Å². The van der Waals surface area contributed by atoms with E-state index in [-0.39, 0.29) is 27.6 Å². The summed E-state index contributed by atoms with van der Waals surface area (Å²) in [6.07, 6.45) is 0. The van der Waals surface area contributed by atoms with Crippen LogP contribution in [0.25, 0.3) is 10.1 Å². The normalized spacial score (nSPS) is 11.0. The molecule has 0 fully saturated rings. The third kappa shape index (κ3) is 3.51. The third-order valence-corrected chi connectivity index (χ3v) is 5.59. The average molecular weight is 428 g/mol. The van der Waals surface area contributed by atoms with Gasteiger partial charge in [0.2, 0.25) is 5.91 Å². The molecule has 0 saturated heterocycles. The number of hydrogen-bond donors (Lipinski definition) is 3. The summed E-state index contributed by atoms with van der Waals surface area (Å²) in [5, 5.41) is 19.5. The highest BCUT2D eigenvalue weighted by atomic mass is 35.5. The number of hydrogen-bond acceptors (Lipinski definition) is 5. The minimum Gasteiger partial charge on any atom is -0.483 e. The highest BCUT2D eigenvalue weighted by Gasteiger charge is 2.23. The van der Waals surface area contributed by atoms with Crippen LogP contribution >= 0.6 is 22.9 Å². The molecule has 0 radical (unpaired) electrons. The number of amides is 1. The van der Waals surface area contributed by atoms with Crippen LogP contribution in [-0.2, 0) is 13.2 Å². The molecule has 0 bridgehead atoms. The average Bonchev–Trinajstić information content (AvgIpc) is 3.02. The zero-order valence-corrected chi connectivity index (χ0v) is 15.5. The molecule has 4 N–H and O–H groups in total. The van der Waals surface area contributed by atoms with Crippen molar-refractivity contribution in [3.05, 3.63) is 62.5 Å². The number of aliphatic hydroxyl groups excluding tert-OH is 1. The van der Waals surface area contributed by atoms with Gasteiger partial charge in [-0.25, -0.2) is 13.6 Å². The lowest BCUT2D eigenvalue weighted by atomic mass is 10.1. The first-order valence-corrected chi connectivity index (χ1v) is 8.92. The molecule has 28 heavy (non-hydrogen) atoms. The minimum absolute atomic E-state index is 0.116. The number of benzene rings is 2. The second-order valence-electron chi connectivity index (χ2n) is 5.71. The molecule has 2 aromatic carbocycles. The standard InChI is InChI=1S/C18H12ClF2NO5S/c19-10-2-1-7(5-23)15-13(10)9(16(28-15)18(25)26)6-27-14-11(20)3-8(17(22)24)4-12(14)21/h1-4,23H,5-6H2,(H2,22,24)(H,25,26). The fourth-order valence-electron chi connectivity index (χ4n) is 2.70. The van der Waals surface area contributed by atoms with E-state index in [1.807, 2.05) is 0 Å². The van der Waals surface area contributed by atoms with E-state index in [4.69, 9.17) is 22.1 Å². The number of carboxylic acids is 1. The van der Waals surface area contributed by atoms with Crippen molar-refractivity contribution >= 4 is 44.9 Å². The summed E-state index contributed by atoms with van der Waals surface area (Å²) in [4.78, 5) is 22.6. The fraction of sp³-hybridized carbons (Fsp3) is 0.111. The van der Waals surface area contributed by atoms with Gasteiger partial charge in [0.1, 0.15) is 11.5 Å². The molecule has 3 rings (SSSR count). The number of carboxylic acid groups (broad SMARTS) is 1. The van der Waals surface area contributed by atoms with Crippen molar-refractivity contribution < 1.29 is 33.3 Å². The van der Waals surface area contributed by atoms with Crippen molar-refractivity contribution in [3.63, 3.8) is 0 Å². The van der Waals surface area contributed by atoms with Gasteiger partial charge in [-0.05, 0) is 23.8 Å². The van der Waals surface area contributed by atoms with Crippen LogP contribution in [0.3, 0.4) is 0 Å². The van der Waals surface area contributed by atoms with Crippen molar-refractivity contribution in [1.82, 2.24) is 0 Å². The molecule has 0 aliphatic heterocycles.